The van der Waals surface area contributed by atoms with Gasteiger partial charge < -0.3 is 16.0 Å². The molecule has 1 aliphatic rings. The summed E-state index contributed by atoms with van der Waals surface area (Å²) in [7, 11) is 0. The first-order valence-electron chi connectivity index (χ1n) is 9.85. The molecule has 3 rings (SSSR count). The molecule has 3 N–H and O–H groups in total. The minimum absolute atomic E-state index is 0.0108. The molecule has 0 fully saturated rings. The van der Waals surface area contributed by atoms with E-state index in [4.69, 9.17) is 5.73 Å². The lowest BCUT2D eigenvalue weighted by molar-refractivity contribution is -0.127. The molecule has 2 amide bonds. The Balaban J connectivity index is 1.87. The summed E-state index contributed by atoms with van der Waals surface area (Å²) in [6.07, 6.45) is 3.95. The Morgan fingerprint density at radius 1 is 1.17 bits per heavy atom. The van der Waals surface area contributed by atoms with Crippen LogP contribution in [-0.4, -0.2) is 35.6 Å². The summed E-state index contributed by atoms with van der Waals surface area (Å²) in [6.45, 7) is 5.54. The van der Waals surface area contributed by atoms with Gasteiger partial charge in [-0.05, 0) is 37.1 Å². The van der Waals surface area contributed by atoms with Crippen LogP contribution in [0.5, 0.6) is 0 Å². The largest absolute Gasteiger partial charge is 0.387 e. The van der Waals surface area contributed by atoms with Crippen LogP contribution in [0.15, 0.2) is 47.0 Å². The number of rotatable bonds is 7. The first-order chi connectivity index (χ1) is 14.0. The normalized spacial score (nSPS) is 13.0. The topological polar surface area (TPSA) is 87.8 Å². The Kier molecular flexibility index (Phi) is 6.82. The lowest BCUT2D eigenvalue weighted by Crippen LogP contribution is -2.34. The molecule has 2 aromatic rings. The standard InChI is InChI=1S/C22H26N4O2S/c1-3-10-26(11-4-2)22(28)15-12-18-17(25-20(23)13-15)14-19(29-18)21(27)24-16-8-6-5-7-9-16/h5-9,12,14H,3-4,10-11,13H2,1-2H3,(H2,23,25)(H,24,27). The molecule has 0 aliphatic carbocycles. The fourth-order valence-corrected chi connectivity index (χ4v) is 4.17. The van der Waals surface area contributed by atoms with E-state index in [1.54, 1.807) is 6.07 Å². The number of hydrogen-bond donors (Lipinski definition) is 2. The second-order valence-electron chi connectivity index (χ2n) is 6.92. The van der Waals surface area contributed by atoms with Gasteiger partial charge in [-0.15, -0.1) is 11.3 Å². The van der Waals surface area contributed by atoms with Crippen molar-refractivity contribution in [2.75, 3.05) is 18.4 Å². The number of thiophene rings is 1. The molecule has 1 aromatic heterocycles. The van der Waals surface area contributed by atoms with Gasteiger partial charge in [-0.25, -0.2) is 4.99 Å². The van der Waals surface area contributed by atoms with E-state index in [9.17, 15) is 9.59 Å². The van der Waals surface area contributed by atoms with Gasteiger partial charge in [-0.1, -0.05) is 32.0 Å². The van der Waals surface area contributed by atoms with Crippen molar-refractivity contribution in [1.29, 1.82) is 0 Å². The Morgan fingerprint density at radius 3 is 2.52 bits per heavy atom. The maximum atomic E-state index is 13.0. The number of amidine groups is 1. The van der Waals surface area contributed by atoms with E-state index in [0.29, 0.717) is 41.5 Å². The van der Waals surface area contributed by atoms with E-state index in [2.05, 4.69) is 24.2 Å². The molecule has 7 heteroatoms. The van der Waals surface area contributed by atoms with Gasteiger partial charge in [0.25, 0.3) is 5.91 Å². The Bertz CT molecular complexity index is 941. The summed E-state index contributed by atoms with van der Waals surface area (Å²) in [5.41, 5.74) is 8.05. The summed E-state index contributed by atoms with van der Waals surface area (Å²) in [4.78, 5) is 33.3. The number of nitrogens with zero attached hydrogens (tertiary/aromatic N) is 2. The van der Waals surface area contributed by atoms with Gasteiger partial charge in [-0.2, -0.15) is 0 Å². The molecule has 1 aromatic carbocycles. The third-order valence-electron chi connectivity index (χ3n) is 4.49. The Morgan fingerprint density at radius 2 is 1.86 bits per heavy atom. The van der Waals surface area contributed by atoms with Gasteiger partial charge >= 0.3 is 0 Å². The molecule has 0 spiro atoms. The van der Waals surface area contributed by atoms with Crippen molar-refractivity contribution in [3.05, 3.63) is 51.7 Å². The van der Waals surface area contributed by atoms with E-state index in [-0.39, 0.29) is 11.8 Å². The highest BCUT2D eigenvalue weighted by Crippen LogP contribution is 2.35. The number of nitrogens with one attached hydrogen (secondary N) is 1. The average Bonchev–Trinajstić information content (AvgIpc) is 3.02. The zero-order valence-electron chi connectivity index (χ0n) is 16.8. The van der Waals surface area contributed by atoms with E-state index >= 15 is 0 Å². The summed E-state index contributed by atoms with van der Waals surface area (Å²) in [5.74, 6) is 0.162. The molecule has 6 nitrogen and oxygen atoms in total. The van der Waals surface area contributed by atoms with Gasteiger partial charge in [0.05, 0.1) is 15.4 Å². The zero-order valence-corrected chi connectivity index (χ0v) is 17.6. The predicted octanol–water partition coefficient (Wildman–Crippen LogP) is 4.42. The van der Waals surface area contributed by atoms with Crippen LogP contribution < -0.4 is 11.1 Å². The van der Waals surface area contributed by atoms with Gasteiger partial charge in [0.1, 0.15) is 5.84 Å². The third-order valence-corrected chi connectivity index (χ3v) is 5.56. The van der Waals surface area contributed by atoms with Crippen molar-refractivity contribution < 1.29 is 9.59 Å². The van der Waals surface area contributed by atoms with E-state index in [1.165, 1.54) is 11.3 Å². The predicted molar refractivity (Wildman–Crippen MR) is 120 cm³/mol. The molecular weight excluding hydrogens is 384 g/mol. The van der Waals surface area contributed by atoms with E-state index < -0.39 is 0 Å². The van der Waals surface area contributed by atoms with Gasteiger partial charge in [0.2, 0.25) is 5.91 Å². The number of fused-ring (bicyclic) bond motifs is 1. The monoisotopic (exact) mass is 410 g/mol. The summed E-state index contributed by atoms with van der Waals surface area (Å²) >= 11 is 1.32. The molecule has 0 saturated carbocycles. The maximum Gasteiger partial charge on any atom is 0.265 e. The number of hydrogen-bond acceptors (Lipinski definition) is 5. The highest BCUT2D eigenvalue weighted by molar-refractivity contribution is 7.15. The Hall–Kier alpha value is -2.93. The first-order valence-corrected chi connectivity index (χ1v) is 10.7. The van der Waals surface area contributed by atoms with Crippen molar-refractivity contribution in [3.63, 3.8) is 0 Å². The maximum absolute atomic E-state index is 13.0. The van der Waals surface area contributed by atoms with Crippen LogP contribution in [0.1, 0.15) is 47.7 Å². The number of para-hydroxylation sites is 1. The average molecular weight is 411 g/mol. The highest BCUT2D eigenvalue weighted by Gasteiger charge is 2.23. The zero-order chi connectivity index (χ0) is 20.8. The van der Waals surface area contributed by atoms with E-state index in [0.717, 1.165) is 23.4 Å². The van der Waals surface area contributed by atoms with Crippen LogP contribution in [0.25, 0.3) is 6.08 Å². The minimum atomic E-state index is -0.206. The Labute approximate surface area is 175 Å². The van der Waals surface area contributed by atoms with Gasteiger partial charge in [0.15, 0.2) is 0 Å². The molecule has 0 bridgehead atoms. The minimum Gasteiger partial charge on any atom is -0.387 e. The molecular formula is C22H26N4O2S. The van der Waals surface area contributed by atoms with Crippen molar-refractivity contribution >= 4 is 46.4 Å². The van der Waals surface area contributed by atoms with Crippen molar-refractivity contribution in [2.24, 2.45) is 10.7 Å². The SMILES string of the molecule is CCCN(CCC)C(=O)C1=Cc2sc(C(=O)Nc3ccccc3)cc2N=C(N)C1. The summed E-state index contributed by atoms with van der Waals surface area (Å²) < 4.78 is 0. The van der Waals surface area contributed by atoms with Crippen LogP contribution in [0.2, 0.25) is 0 Å². The van der Waals surface area contributed by atoms with Crippen LogP contribution in [-0.2, 0) is 4.79 Å². The summed E-state index contributed by atoms with van der Waals surface area (Å²) in [6, 6.07) is 11.0. The number of carbonyl (C=O) groups excluding carboxylic acids is 2. The van der Waals surface area contributed by atoms with E-state index in [1.807, 2.05) is 41.3 Å². The molecule has 2 heterocycles. The first kappa shape index (κ1) is 20.8. The molecule has 0 atom stereocenters. The fourth-order valence-electron chi connectivity index (χ4n) is 3.21. The van der Waals surface area contributed by atoms with Gasteiger partial charge in [0, 0.05) is 30.8 Å². The molecule has 152 valence electrons. The number of carbonyl (C=O) groups is 2. The van der Waals surface area contributed by atoms with Crippen LogP contribution >= 0.6 is 11.3 Å². The number of aliphatic imine (C=N–C) groups is 1. The van der Waals surface area contributed by atoms with Crippen LogP contribution in [0.3, 0.4) is 0 Å². The second-order valence-corrected chi connectivity index (χ2v) is 8.01. The van der Waals surface area contributed by atoms with Crippen LogP contribution in [0.4, 0.5) is 11.4 Å². The number of benzene rings is 1. The fraction of sp³-hybridized carbons (Fsp3) is 0.318. The van der Waals surface area contributed by atoms with Crippen LogP contribution in [0, 0.1) is 0 Å². The third kappa shape index (κ3) is 5.12. The quantitative estimate of drug-likeness (QED) is 0.708. The number of amides is 2. The molecule has 0 unspecified atom stereocenters. The summed E-state index contributed by atoms with van der Waals surface area (Å²) in [5, 5.41) is 2.88. The molecule has 1 aliphatic heterocycles. The lowest BCUT2D eigenvalue weighted by atomic mass is 10.1. The van der Waals surface area contributed by atoms with Crippen molar-refractivity contribution in [3.8, 4) is 0 Å². The smallest absolute Gasteiger partial charge is 0.265 e. The second kappa shape index (κ2) is 9.52. The number of nitrogens with two attached hydrogens (primary N) is 1. The highest BCUT2D eigenvalue weighted by atomic mass is 32.1. The van der Waals surface area contributed by atoms with Crippen molar-refractivity contribution in [2.45, 2.75) is 33.1 Å². The van der Waals surface area contributed by atoms with Gasteiger partial charge in [-0.3, -0.25) is 9.59 Å². The lowest BCUT2D eigenvalue weighted by Gasteiger charge is -2.22. The van der Waals surface area contributed by atoms with Crippen molar-refractivity contribution in [1.82, 2.24) is 4.90 Å². The number of anilines is 1. The molecule has 29 heavy (non-hydrogen) atoms. The molecule has 0 saturated heterocycles. The molecule has 0 radical (unpaired) electrons.